The summed E-state index contributed by atoms with van der Waals surface area (Å²) >= 11 is 6.47. The van der Waals surface area contributed by atoms with Gasteiger partial charge in [-0.3, -0.25) is 0 Å². The van der Waals surface area contributed by atoms with Gasteiger partial charge in [-0.2, -0.15) is 0 Å². The monoisotopic (exact) mass is 293 g/mol. The van der Waals surface area contributed by atoms with Crippen molar-refractivity contribution in [2.45, 2.75) is 0 Å². The molecule has 0 N–H and O–H groups in total. The maximum absolute atomic E-state index is 6.47. The van der Waals surface area contributed by atoms with E-state index in [4.69, 9.17) is 11.6 Å². The number of rotatable bonds is 3. The average molecular weight is 294 g/mol. The highest BCUT2D eigenvalue weighted by atomic mass is 35.5. The van der Waals surface area contributed by atoms with Crippen molar-refractivity contribution in [3.8, 4) is 11.1 Å². The number of benzene rings is 3. The molecule has 0 aromatic heterocycles. The van der Waals surface area contributed by atoms with E-state index >= 15 is 0 Å². The molecule has 3 aromatic carbocycles. The molecule has 3 rings (SSSR count). The Kier molecular flexibility index (Phi) is 3.94. The lowest BCUT2D eigenvalue weighted by Gasteiger charge is -2.23. The molecule has 0 radical (unpaired) electrons. The number of halogens is 1. The van der Waals surface area contributed by atoms with Gasteiger partial charge in [0.15, 0.2) is 0 Å². The summed E-state index contributed by atoms with van der Waals surface area (Å²) in [5.74, 6) is 0. The zero-order valence-corrected chi connectivity index (χ0v) is 12.6. The maximum Gasteiger partial charge on any atom is 0.0505 e. The molecule has 104 valence electrons. The lowest BCUT2D eigenvalue weighted by Crippen LogP contribution is -2.10. The predicted octanol–water partition coefficient (Wildman–Crippen LogP) is 5.77. The van der Waals surface area contributed by atoms with Gasteiger partial charge in [-0.1, -0.05) is 66.2 Å². The minimum Gasteiger partial charge on any atom is -0.344 e. The second kappa shape index (κ2) is 6.02. The summed E-state index contributed by atoms with van der Waals surface area (Å²) < 4.78 is 0. The van der Waals surface area contributed by atoms with Crippen LogP contribution < -0.4 is 4.90 Å². The molecule has 2 heteroatoms. The highest BCUT2D eigenvalue weighted by molar-refractivity contribution is 6.34. The van der Waals surface area contributed by atoms with Crippen LogP contribution in [0.25, 0.3) is 11.1 Å². The van der Waals surface area contributed by atoms with Crippen molar-refractivity contribution >= 4 is 23.0 Å². The minimum atomic E-state index is 0.765. The Balaban J connectivity index is 2.14. The van der Waals surface area contributed by atoms with Gasteiger partial charge < -0.3 is 4.90 Å². The van der Waals surface area contributed by atoms with Crippen molar-refractivity contribution < 1.29 is 0 Å². The largest absolute Gasteiger partial charge is 0.344 e. The Morgan fingerprint density at radius 3 is 2.00 bits per heavy atom. The van der Waals surface area contributed by atoms with Gasteiger partial charge in [0.25, 0.3) is 0 Å². The number of nitrogens with zero attached hydrogens (tertiary/aromatic N) is 1. The third-order valence-electron chi connectivity index (χ3n) is 3.56. The molecule has 0 atom stereocenters. The molecule has 21 heavy (non-hydrogen) atoms. The van der Waals surface area contributed by atoms with E-state index in [-0.39, 0.29) is 0 Å². The van der Waals surface area contributed by atoms with Gasteiger partial charge in [-0.25, -0.2) is 0 Å². The molecule has 3 aromatic rings. The normalized spacial score (nSPS) is 10.4. The van der Waals surface area contributed by atoms with Gasteiger partial charge in [-0.15, -0.1) is 0 Å². The van der Waals surface area contributed by atoms with Crippen molar-refractivity contribution in [1.29, 1.82) is 0 Å². The fraction of sp³-hybridized carbons (Fsp3) is 0.0526. The Bertz CT molecular complexity index is 723. The van der Waals surface area contributed by atoms with E-state index in [1.807, 2.05) is 48.5 Å². The Morgan fingerprint density at radius 1 is 0.714 bits per heavy atom. The van der Waals surface area contributed by atoms with Crippen LogP contribution in [0.1, 0.15) is 0 Å². The molecule has 0 bridgehead atoms. The fourth-order valence-corrected chi connectivity index (χ4v) is 2.75. The molecule has 0 heterocycles. The SMILES string of the molecule is CN(c1ccccc1)c1cccc(Cl)c1-c1ccccc1. The summed E-state index contributed by atoms with van der Waals surface area (Å²) in [6.07, 6.45) is 0. The molecule has 0 spiro atoms. The molecular weight excluding hydrogens is 278 g/mol. The molecule has 0 fully saturated rings. The first-order valence-corrected chi connectivity index (χ1v) is 7.28. The maximum atomic E-state index is 6.47. The van der Waals surface area contributed by atoms with Gasteiger partial charge in [0.05, 0.1) is 10.7 Å². The van der Waals surface area contributed by atoms with E-state index in [9.17, 15) is 0 Å². The molecular formula is C19H16ClN. The molecule has 0 saturated heterocycles. The minimum absolute atomic E-state index is 0.765. The number of hydrogen-bond acceptors (Lipinski definition) is 1. The van der Waals surface area contributed by atoms with Crippen LogP contribution >= 0.6 is 11.6 Å². The lowest BCUT2D eigenvalue weighted by atomic mass is 10.0. The molecule has 0 aliphatic rings. The summed E-state index contributed by atoms with van der Waals surface area (Å²) in [6, 6.07) is 26.6. The third kappa shape index (κ3) is 2.79. The van der Waals surface area contributed by atoms with E-state index in [1.54, 1.807) is 0 Å². The van der Waals surface area contributed by atoms with Crippen molar-refractivity contribution in [2.24, 2.45) is 0 Å². The van der Waals surface area contributed by atoms with Gasteiger partial charge in [0, 0.05) is 18.3 Å². The van der Waals surface area contributed by atoms with E-state index in [2.05, 4.69) is 42.3 Å². The highest BCUT2D eigenvalue weighted by Crippen LogP contribution is 2.38. The summed E-state index contributed by atoms with van der Waals surface area (Å²) in [6.45, 7) is 0. The van der Waals surface area contributed by atoms with E-state index in [0.29, 0.717) is 0 Å². The number of para-hydroxylation sites is 1. The van der Waals surface area contributed by atoms with Crippen LogP contribution in [0, 0.1) is 0 Å². The van der Waals surface area contributed by atoms with E-state index in [0.717, 1.165) is 27.5 Å². The first-order valence-electron chi connectivity index (χ1n) is 6.90. The zero-order valence-electron chi connectivity index (χ0n) is 11.8. The Hall–Kier alpha value is -2.25. The van der Waals surface area contributed by atoms with Gasteiger partial charge in [0.2, 0.25) is 0 Å². The first-order chi connectivity index (χ1) is 10.3. The molecule has 0 aliphatic heterocycles. The van der Waals surface area contributed by atoms with Crippen LogP contribution in [0.4, 0.5) is 11.4 Å². The Morgan fingerprint density at radius 2 is 1.33 bits per heavy atom. The van der Waals surface area contributed by atoms with Gasteiger partial charge in [0.1, 0.15) is 0 Å². The fourth-order valence-electron chi connectivity index (χ4n) is 2.47. The topological polar surface area (TPSA) is 3.24 Å². The molecule has 0 unspecified atom stereocenters. The Labute approximate surface area is 130 Å². The molecule has 0 aliphatic carbocycles. The molecule has 1 nitrogen and oxygen atoms in total. The second-order valence-corrected chi connectivity index (χ2v) is 5.30. The van der Waals surface area contributed by atoms with Crippen molar-refractivity contribution in [1.82, 2.24) is 0 Å². The van der Waals surface area contributed by atoms with Gasteiger partial charge in [-0.05, 0) is 29.8 Å². The lowest BCUT2D eigenvalue weighted by molar-refractivity contribution is 1.21. The summed E-state index contributed by atoms with van der Waals surface area (Å²) in [7, 11) is 2.06. The summed E-state index contributed by atoms with van der Waals surface area (Å²) in [5, 5.41) is 0.765. The van der Waals surface area contributed by atoms with Crippen LogP contribution in [0.5, 0.6) is 0 Å². The van der Waals surface area contributed by atoms with Crippen LogP contribution in [-0.4, -0.2) is 7.05 Å². The number of hydrogen-bond donors (Lipinski definition) is 0. The summed E-state index contributed by atoms with van der Waals surface area (Å²) in [5.41, 5.74) is 4.42. The van der Waals surface area contributed by atoms with Crippen molar-refractivity contribution in [3.63, 3.8) is 0 Å². The highest BCUT2D eigenvalue weighted by Gasteiger charge is 2.13. The van der Waals surface area contributed by atoms with E-state index in [1.165, 1.54) is 0 Å². The summed E-state index contributed by atoms with van der Waals surface area (Å²) in [4.78, 5) is 2.16. The number of anilines is 2. The quantitative estimate of drug-likeness (QED) is 0.592. The van der Waals surface area contributed by atoms with Crippen LogP contribution in [-0.2, 0) is 0 Å². The van der Waals surface area contributed by atoms with Crippen molar-refractivity contribution in [2.75, 3.05) is 11.9 Å². The molecule has 0 saturated carbocycles. The van der Waals surface area contributed by atoms with Gasteiger partial charge >= 0.3 is 0 Å². The standard InChI is InChI=1S/C19H16ClN/c1-21(16-11-6-3-7-12-16)18-14-8-13-17(20)19(18)15-9-4-2-5-10-15/h2-14H,1H3. The smallest absolute Gasteiger partial charge is 0.0505 e. The average Bonchev–Trinajstić information content (AvgIpc) is 2.55. The first kappa shape index (κ1) is 13.7. The third-order valence-corrected chi connectivity index (χ3v) is 3.87. The van der Waals surface area contributed by atoms with Crippen LogP contribution in [0.3, 0.4) is 0 Å². The van der Waals surface area contributed by atoms with Crippen LogP contribution in [0.2, 0.25) is 5.02 Å². The zero-order chi connectivity index (χ0) is 14.7. The van der Waals surface area contributed by atoms with E-state index < -0.39 is 0 Å². The second-order valence-electron chi connectivity index (χ2n) is 4.89. The van der Waals surface area contributed by atoms with Crippen LogP contribution in [0.15, 0.2) is 78.9 Å². The van der Waals surface area contributed by atoms with Crippen molar-refractivity contribution in [3.05, 3.63) is 83.9 Å². The molecule has 0 amide bonds. The predicted molar refractivity (Wildman–Crippen MR) is 91.4 cm³/mol.